The molecule has 0 radical (unpaired) electrons. The summed E-state index contributed by atoms with van der Waals surface area (Å²) in [4.78, 5) is 17.7. The molecule has 29 heavy (non-hydrogen) atoms. The van der Waals surface area contributed by atoms with Crippen molar-refractivity contribution in [3.05, 3.63) is 58.4 Å². The van der Waals surface area contributed by atoms with Crippen molar-refractivity contribution >= 4 is 28.8 Å². The Bertz CT molecular complexity index is 871. The molecule has 6 nitrogen and oxygen atoms in total. The number of methoxy groups -OCH3 is 1. The van der Waals surface area contributed by atoms with Crippen LogP contribution in [0.25, 0.3) is 0 Å². The number of piperidine rings is 1. The Morgan fingerprint density at radius 1 is 1.34 bits per heavy atom. The second-order valence-corrected chi connectivity index (χ2v) is 8.24. The van der Waals surface area contributed by atoms with E-state index >= 15 is 0 Å². The maximum absolute atomic E-state index is 13.1. The van der Waals surface area contributed by atoms with E-state index in [1.54, 1.807) is 24.3 Å². The van der Waals surface area contributed by atoms with Gasteiger partial charge in [-0.2, -0.15) is 0 Å². The molecule has 1 aromatic heterocycles. The molecular formula is C22H28N4O2S. The standard InChI is InChI=1S/C22H28N4O2S/c1-16-13-17(15-19(14-16)28-3)24-9-6-21(23)26(18-7-10-25(2)11-8-18)22(27)20-5-4-12-29-20/h4-6,9,12-15,18,23-24H,7-8,10-11H2,1-3H3/b9-6-,23-21?. The number of hydrogen-bond acceptors (Lipinski definition) is 6. The maximum Gasteiger partial charge on any atom is 0.269 e. The molecule has 154 valence electrons. The number of nitrogens with one attached hydrogen (secondary N) is 2. The summed E-state index contributed by atoms with van der Waals surface area (Å²) in [5, 5.41) is 13.7. The number of aryl methyl sites for hydroxylation is 1. The van der Waals surface area contributed by atoms with Gasteiger partial charge in [-0.05, 0) is 75.1 Å². The molecule has 0 atom stereocenters. The van der Waals surface area contributed by atoms with Gasteiger partial charge in [-0.1, -0.05) is 6.07 Å². The van der Waals surface area contributed by atoms with Crippen LogP contribution >= 0.6 is 11.3 Å². The van der Waals surface area contributed by atoms with Gasteiger partial charge in [-0.25, -0.2) is 0 Å². The summed E-state index contributed by atoms with van der Waals surface area (Å²) in [6.07, 6.45) is 5.09. The lowest BCUT2D eigenvalue weighted by Crippen LogP contribution is -2.48. The van der Waals surface area contributed by atoms with Crippen LogP contribution in [0.15, 0.2) is 48.0 Å². The lowest BCUT2D eigenvalue weighted by atomic mass is 10.0. The summed E-state index contributed by atoms with van der Waals surface area (Å²) < 4.78 is 5.30. The number of carbonyl (C=O) groups excluding carboxylic acids is 1. The highest BCUT2D eigenvalue weighted by atomic mass is 32.1. The number of benzene rings is 1. The normalized spacial score (nSPS) is 15.4. The van der Waals surface area contributed by atoms with Crippen molar-refractivity contribution in [3.8, 4) is 5.75 Å². The third-order valence-electron chi connectivity index (χ3n) is 5.04. The van der Waals surface area contributed by atoms with Gasteiger partial charge in [-0.15, -0.1) is 11.3 Å². The molecule has 0 saturated carbocycles. The SMILES string of the molecule is COc1cc(C)cc(N/C=C\C(=N)N(C(=O)c2cccs2)C2CCN(C)CC2)c1. The van der Waals surface area contributed by atoms with Crippen LogP contribution in [0.3, 0.4) is 0 Å². The molecule has 3 rings (SSSR count). The van der Waals surface area contributed by atoms with Gasteiger partial charge in [0.25, 0.3) is 5.91 Å². The fraction of sp³-hybridized carbons (Fsp3) is 0.364. The first-order chi connectivity index (χ1) is 14.0. The van der Waals surface area contributed by atoms with Gasteiger partial charge in [0.05, 0.1) is 12.0 Å². The number of likely N-dealkylation sites (tertiary alicyclic amines) is 1. The highest BCUT2D eigenvalue weighted by molar-refractivity contribution is 7.12. The van der Waals surface area contributed by atoms with E-state index < -0.39 is 0 Å². The zero-order valence-electron chi connectivity index (χ0n) is 17.1. The second-order valence-electron chi connectivity index (χ2n) is 7.29. The van der Waals surface area contributed by atoms with Gasteiger partial charge in [-0.3, -0.25) is 15.1 Å². The van der Waals surface area contributed by atoms with Crippen LogP contribution in [0.5, 0.6) is 5.75 Å². The summed E-state index contributed by atoms with van der Waals surface area (Å²) in [7, 11) is 3.73. The Morgan fingerprint density at radius 3 is 2.76 bits per heavy atom. The average Bonchev–Trinajstić information content (AvgIpc) is 3.24. The molecule has 0 spiro atoms. The first-order valence-electron chi connectivity index (χ1n) is 9.71. The molecule has 0 bridgehead atoms. The maximum atomic E-state index is 13.1. The minimum atomic E-state index is -0.0959. The van der Waals surface area contributed by atoms with Crippen molar-refractivity contribution in [2.75, 3.05) is 32.6 Å². The molecule has 7 heteroatoms. The van der Waals surface area contributed by atoms with E-state index in [-0.39, 0.29) is 17.8 Å². The fourth-order valence-electron chi connectivity index (χ4n) is 3.49. The molecule has 2 heterocycles. The lowest BCUT2D eigenvalue weighted by molar-refractivity contribution is 0.0753. The number of carbonyl (C=O) groups is 1. The smallest absolute Gasteiger partial charge is 0.269 e. The Kier molecular flexibility index (Phi) is 7.06. The molecule has 0 unspecified atom stereocenters. The Labute approximate surface area is 176 Å². The van der Waals surface area contributed by atoms with Gasteiger partial charge >= 0.3 is 0 Å². The topological polar surface area (TPSA) is 68.7 Å². The van der Waals surface area contributed by atoms with Crippen molar-refractivity contribution in [3.63, 3.8) is 0 Å². The number of anilines is 1. The molecule has 1 fully saturated rings. The number of hydrogen-bond donors (Lipinski definition) is 2. The van der Waals surface area contributed by atoms with Crippen LogP contribution < -0.4 is 10.1 Å². The summed E-state index contributed by atoms with van der Waals surface area (Å²) in [6, 6.07) is 9.59. The highest BCUT2D eigenvalue weighted by Crippen LogP contribution is 2.22. The first kappa shape index (κ1) is 21.1. The van der Waals surface area contributed by atoms with Crippen molar-refractivity contribution in [1.82, 2.24) is 9.80 Å². The number of thiophene rings is 1. The van der Waals surface area contributed by atoms with E-state index in [4.69, 9.17) is 10.1 Å². The minimum absolute atomic E-state index is 0.0389. The molecule has 1 aliphatic heterocycles. The Balaban J connectivity index is 1.74. The molecule has 1 aliphatic rings. The third kappa shape index (κ3) is 5.46. The number of amidine groups is 1. The van der Waals surface area contributed by atoms with Gasteiger partial charge in [0.15, 0.2) is 0 Å². The van der Waals surface area contributed by atoms with E-state index in [2.05, 4.69) is 17.3 Å². The van der Waals surface area contributed by atoms with Crippen LogP contribution in [-0.4, -0.2) is 54.8 Å². The summed E-state index contributed by atoms with van der Waals surface area (Å²) in [6.45, 7) is 3.86. The second kappa shape index (κ2) is 9.71. The van der Waals surface area contributed by atoms with Crippen molar-refractivity contribution < 1.29 is 9.53 Å². The Hall–Kier alpha value is -2.64. The van der Waals surface area contributed by atoms with Crippen LogP contribution in [0, 0.1) is 12.3 Å². The van der Waals surface area contributed by atoms with E-state index in [0.717, 1.165) is 42.9 Å². The summed E-state index contributed by atoms with van der Waals surface area (Å²) in [5.74, 6) is 0.878. The quantitative estimate of drug-likeness (QED) is 0.551. The van der Waals surface area contributed by atoms with Crippen LogP contribution in [0.2, 0.25) is 0 Å². The van der Waals surface area contributed by atoms with E-state index in [1.807, 2.05) is 42.6 Å². The number of ether oxygens (including phenoxy) is 1. The van der Waals surface area contributed by atoms with Crippen molar-refractivity contribution in [2.45, 2.75) is 25.8 Å². The van der Waals surface area contributed by atoms with Crippen molar-refractivity contribution in [2.24, 2.45) is 0 Å². The summed E-state index contributed by atoms with van der Waals surface area (Å²) in [5.41, 5.74) is 1.96. The van der Waals surface area contributed by atoms with Gasteiger partial charge in [0.1, 0.15) is 11.6 Å². The molecule has 0 aliphatic carbocycles. The first-order valence-corrected chi connectivity index (χ1v) is 10.6. The van der Waals surface area contributed by atoms with E-state index in [0.29, 0.717) is 4.88 Å². The van der Waals surface area contributed by atoms with Crippen LogP contribution in [-0.2, 0) is 0 Å². The molecular weight excluding hydrogens is 384 g/mol. The predicted molar refractivity (Wildman–Crippen MR) is 119 cm³/mol. The van der Waals surface area contributed by atoms with Crippen LogP contribution in [0.1, 0.15) is 28.1 Å². The average molecular weight is 413 g/mol. The van der Waals surface area contributed by atoms with E-state index in [9.17, 15) is 4.79 Å². The van der Waals surface area contributed by atoms with Gasteiger partial charge in [0, 0.05) is 24.0 Å². The predicted octanol–water partition coefficient (Wildman–Crippen LogP) is 4.20. The molecule has 1 aromatic carbocycles. The van der Waals surface area contributed by atoms with Crippen LogP contribution in [0.4, 0.5) is 5.69 Å². The zero-order chi connectivity index (χ0) is 20.8. The molecule has 2 N–H and O–H groups in total. The molecule has 2 aromatic rings. The largest absolute Gasteiger partial charge is 0.497 e. The fourth-order valence-corrected chi connectivity index (χ4v) is 4.15. The zero-order valence-corrected chi connectivity index (χ0v) is 18.0. The summed E-state index contributed by atoms with van der Waals surface area (Å²) >= 11 is 1.42. The lowest BCUT2D eigenvalue weighted by Gasteiger charge is -2.36. The number of nitrogens with zero attached hydrogens (tertiary/aromatic N) is 2. The Morgan fingerprint density at radius 2 is 2.10 bits per heavy atom. The monoisotopic (exact) mass is 412 g/mol. The van der Waals surface area contributed by atoms with Crippen molar-refractivity contribution in [1.29, 1.82) is 5.41 Å². The minimum Gasteiger partial charge on any atom is -0.497 e. The highest BCUT2D eigenvalue weighted by Gasteiger charge is 2.30. The van der Waals surface area contributed by atoms with Gasteiger partial charge in [0.2, 0.25) is 0 Å². The number of amides is 1. The van der Waals surface area contributed by atoms with Gasteiger partial charge < -0.3 is 15.0 Å². The van der Waals surface area contributed by atoms with E-state index in [1.165, 1.54) is 11.3 Å². The molecule has 1 saturated heterocycles. The third-order valence-corrected chi connectivity index (χ3v) is 5.90. The number of rotatable bonds is 6. The molecule has 1 amide bonds.